The molecule has 2 unspecified atom stereocenters. The Hall–Kier alpha value is -4.39. The lowest BCUT2D eigenvalue weighted by Gasteiger charge is -2.28. The molecular formula is C29H29N3O4. The lowest BCUT2D eigenvalue weighted by Crippen LogP contribution is -2.53. The van der Waals surface area contributed by atoms with Gasteiger partial charge in [-0.1, -0.05) is 72.8 Å². The van der Waals surface area contributed by atoms with E-state index < -0.39 is 24.0 Å². The molecule has 0 aliphatic carbocycles. The zero-order chi connectivity index (χ0) is 25.7. The van der Waals surface area contributed by atoms with Gasteiger partial charge in [-0.25, -0.2) is 4.79 Å². The summed E-state index contributed by atoms with van der Waals surface area (Å²) in [6.07, 6.45) is 2.14. The molecule has 3 N–H and O–H groups in total. The van der Waals surface area contributed by atoms with Crippen LogP contribution in [0.3, 0.4) is 0 Å². The number of carbonyl (C=O) groups excluding carboxylic acids is 2. The second-order valence-corrected chi connectivity index (χ2v) is 8.88. The summed E-state index contributed by atoms with van der Waals surface area (Å²) in [5, 5.41) is 13.4. The summed E-state index contributed by atoms with van der Waals surface area (Å²) in [6, 6.07) is 23.4. The van der Waals surface area contributed by atoms with Crippen molar-refractivity contribution >= 4 is 28.7 Å². The highest BCUT2D eigenvalue weighted by Gasteiger charge is 2.30. The molecule has 2 amide bonds. The third kappa shape index (κ3) is 5.63. The van der Waals surface area contributed by atoms with Crippen LogP contribution in [0.4, 0.5) is 0 Å². The summed E-state index contributed by atoms with van der Waals surface area (Å²) in [5.74, 6) is -1.92. The van der Waals surface area contributed by atoms with E-state index in [1.807, 2.05) is 78.9 Å². The Morgan fingerprint density at radius 2 is 1.53 bits per heavy atom. The molecule has 0 aliphatic rings. The van der Waals surface area contributed by atoms with Crippen LogP contribution < -0.4 is 5.32 Å². The van der Waals surface area contributed by atoms with Crippen molar-refractivity contribution in [2.45, 2.75) is 31.8 Å². The van der Waals surface area contributed by atoms with Crippen LogP contribution in [0.25, 0.3) is 22.0 Å². The molecule has 1 aromatic heterocycles. The summed E-state index contributed by atoms with van der Waals surface area (Å²) in [4.78, 5) is 42.0. The molecule has 1 heterocycles. The largest absolute Gasteiger partial charge is 0.480 e. The third-order valence-electron chi connectivity index (χ3n) is 6.47. The van der Waals surface area contributed by atoms with Gasteiger partial charge in [0.25, 0.3) is 0 Å². The van der Waals surface area contributed by atoms with Gasteiger partial charge in [0.05, 0.1) is 0 Å². The molecule has 0 bridgehead atoms. The van der Waals surface area contributed by atoms with Gasteiger partial charge in [-0.15, -0.1) is 0 Å². The minimum Gasteiger partial charge on any atom is -0.480 e. The highest BCUT2D eigenvalue weighted by molar-refractivity contribution is 5.91. The van der Waals surface area contributed by atoms with Gasteiger partial charge < -0.3 is 20.3 Å². The Bertz CT molecular complexity index is 1360. The fraction of sp³-hybridized carbons (Fsp3) is 0.207. The van der Waals surface area contributed by atoms with Crippen LogP contribution in [-0.4, -0.2) is 51.9 Å². The number of likely N-dealkylation sites (N-methyl/N-ethyl adjacent to an activating group) is 1. The highest BCUT2D eigenvalue weighted by atomic mass is 16.4. The van der Waals surface area contributed by atoms with Crippen LogP contribution in [0.5, 0.6) is 0 Å². The maximum absolute atomic E-state index is 13.3. The van der Waals surface area contributed by atoms with E-state index in [9.17, 15) is 19.5 Å². The second-order valence-electron chi connectivity index (χ2n) is 8.88. The number of nitrogens with one attached hydrogen (secondary N) is 2. The first-order chi connectivity index (χ1) is 17.3. The number of aromatic nitrogens is 1. The van der Waals surface area contributed by atoms with Gasteiger partial charge in [-0.2, -0.15) is 0 Å². The van der Waals surface area contributed by atoms with E-state index >= 15 is 0 Å². The first-order valence-electron chi connectivity index (χ1n) is 11.8. The molecule has 4 rings (SSSR count). The van der Waals surface area contributed by atoms with Gasteiger partial charge >= 0.3 is 5.97 Å². The molecule has 7 nitrogen and oxygen atoms in total. The Morgan fingerprint density at radius 1 is 0.889 bits per heavy atom. The van der Waals surface area contributed by atoms with Crippen molar-refractivity contribution in [3.05, 3.63) is 96.2 Å². The van der Waals surface area contributed by atoms with Gasteiger partial charge in [0, 0.05) is 43.9 Å². The van der Waals surface area contributed by atoms with Crippen LogP contribution in [0.2, 0.25) is 0 Å². The van der Waals surface area contributed by atoms with Crippen molar-refractivity contribution in [3.63, 3.8) is 0 Å². The monoisotopic (exact) mass is 483 g/mol. The van der Waals surface area contributed by atoms with Gasteiger partial charge in [0.15, 0.2) is 0 Å². The van der Waals surface area contributed by atoms with Gasteiger partial charge in [-0.05, 0) is 28.3 Å². The van der Waals surface area contributed by atoms with Gasteiger partial charge in [0.1, 0.15) is 12.1 Å². The van der Waals surface area contributed by atoms with Crippen LogP contribution in [-0.2, 0) is 27.2 Å². The molecule has 0 spiro atoms. The number of carboxylic acid groups (broad SMARTS) is 1. The standard InChI is InChI=1S/C29H29N3O4/c1-19(33)32(2)27(16-20-12-14-22(15-13-20)21-8-4-3-5-9-21)28(34)31-26(29(35)36)17-23-18-30-25-11-7-6-10-24(23)25/h3-15,18,26-27,30H,16-17H2,1-2H3,(H,31,34)(H,35,36). The topological polar surface area (TPSA) is 103 Å². The average molecular weight is 484 g/mol. The van der Waals surface area contributed by atoms with Crippen molar-refractivity contribution in [2.24, 2.45) is 0 Å². The number of benzene rings is 3. The predicted molar refractivity (Wildman–Crippen MR) is 139 cm³/mol. The number of aromatic amines is 1. The zero-order valence-electron chi connectivity index (χ0n) is 20.3. The molecule has 0 aliphatic heterocycles. The van der Waals surface area contributed by atoms with Crippen LogP contribution in [0.1, 0.15) is 18.1 Å². The van der Waals surface area contributed by atoms with E-state index in [-0.39, 0.29) is 18.7 Å². The smallest absolute Gasteiger partial charge is 0.326 e. The fourth-order valence-electron chi connectivity index (χ4n) is 4.30. The molecule has 2 atom stereocenters. The van der Waals surface area contributed by atoms with Crippen molar-refractivity contribution in [2.75, 3.05) is 7.05 Å². The molecule has 184 valence electrons. The maximum atomic E-state index is 13.3. The molecule has 36 heavy (non-hydrogen) atoms. The lowest BCUT2D eigenvalue weighted by atomic mass is 9.99. The van der Waals surface area contributed by atoms with Crippen LogP contribution >= 0.6 is 0 Å². The molecule has 7 heteroatoms. The normalized spacial score (nSPS) is 12.6. The molecule has 4 aromatic rings. The number of para-hydroxylation sites is 1. The highest BCUT2D eigenvalue weighted by Crippen LogP contribution is 2.21. The van der Waals surface area contributed by atoms with Crippen molar-refractivity contribution < 1.29 is 19.5 Å². The van der Waals surface area contributed by atoms with E-state index in [4.69, 9.17) is 0 Å². The average Bonchev–Trinajstić information content (AvgIpc) is 3.30. The fourth-order valence-corrected chi connectivity index (χ4v) is 4.30. The lowest BCUT2D eigenvalue weighted by molar-refractivity contribution is -0.143. The van der Waals surface area contributed by atoms with Crippen LogP contribution in [0.15, 0.2) is 85.1 Å². The number of fused-ring (bicyclic) bond motifs is 1. The molecule has 0 fully saturated rings. The second kappa shape index (κ2) is 10.9. The predicted octanol–water partition coefficient (Wildman–Crippen LogP) is 4.04. The zero-order valence-corrected chi connectivity index (χ0v) is 20.3. The Morgan fingerprint density at radius 3 is 2.19 bits per heavy atom. The summed E-state index contributed by atoms with van der Waals surface area (Å²) in [7, 11) is 1.56. The number of hydrogen-bond acceptors (Lipinski definition) is 3. The summed E-state index contributed by atoms with van der Waals surface area (Å²) < 4.78 is 0. The van der Waals surface area contributed by atoms with E-state index in [0.717, 1.165) is 33.2 Å². The summed E-state index contributed by atoms with van der Waals surface area (Å²) in [5.41, 5.74) is 4.69. The first kappa shape index (κ1) is 24.7. The number of rotatable bonds is 9. The van der Waals surface area contributed by atoms with Crippen molar-refractivity contribution in [1.82, 2.24) is 15.2 Å². The minimum atomic E-state index is -1.14. The SMILES string of the molecule is CC(=O)N(C)C(Cc1ccc(-c2ccccc2)cc1)C(=O)NC(Cc1c[nH]c2ccccc12)C(=O)O. The molecule has 3 aromatic carbocycles. The van der Waals surface area contributed by atoms with Crippen molar-refractivity contribution in [3.8, 4) is 11.1 Å². The molecule has 0 radical (unpaired) electrons. The van der Waals surface area contributed by atoms with Crippen LogP contribution in [0, 0.1) is 0 Å². The Labute approximate surface area is 209 Å². The quantitative estimate of drug-likeness (QED) is 0.334. The van der Waals surface area contributed by atoms with Gasteiger partial charge in [-0.3, -0.25) is 9.59 Å². The summed E-state index contributed by atoms with van der Waals surface area (Å²) in [6.45, 7) is 1.39. The maximum Gasteiger partial charge on any atom is 0.326 e. The van der Waals surface area contributed by atoms with E-state index in [1.165, 1.54) is 11.8 Å². The van der Waals surface area contributed by atoms with E-state index in [0.29, 0.717) is 0 Å². The third-order valence-corrected chi connectivity index (χ3v) is 6.47. The summed E-state index contributed by atoms with van der Waals surface area (Å²) >= 11 is 0. The first-order valence-corrected chi connectivity index (χ1v) is 11.8. The number of H-pyrrole nitrogens is 1. The number of amides is 2. The Kier molecular flexibility index (Phi) is 7.49. The number of carboxylic acids is 1. The van der Waals surface area contributed by atoms with Crippen molar-refractivity contribution in [1.29, 1.82) is 0 Å². The molecule has 0 saturated carbocycles. The Balaban J connectivity index is 1.52. The minimum absolute atomic E-state index is 0.118. The molecule has 0 saturated heterocycles. The number of nitrogens with zero attached hydrogens (tertiary/aromatic N) is 1. The van der Waals surface area contributed by atoms with E-state index in [1.54, 1.807) is 13.2 Å². The number of carbonyl (C=O) groups is 3. The molecular weight excluding hydrogens is 454 g/mol. The number of aliphatic carboxylic acids is 1. The van der Waals surface area contributed by atoms with Gasteiger partial charge in [0.2, 0.25) is 11.8 Å². The van der Waals surface area contributed by atoms with E-state index in [2.05, 4.69) is 10.3 Å². The number of hydrogen-bond donors (Lipinski definition) is 3.